The molecule has 0 radical (unpaired) electrons. The van der Waals surface area contributed by atoms with Crippen molar-refractivity contribution in [3.8, 4) is 5.75 Å². The molecule has 31 heavy (non-hydrogen) atoms. The summed E-state index contributed by atoms with van der Waals surface area (Å²) in [5.74, 6) is -0.101. The van der Waals surface area contributed by atoms with Crippen LogP contribution >= 0.6 is 11.3 Å². The van der Waals surface area contributed by atoms with Crippen LogP contribution in [-0.4, -0.2) is 59.8 Å². The Bertz CT molecular complexity index is 1050. The highest BCUT2D eigenvalue weighted by atomic mass is 32.1. The summed E-state index contributed by atoms with van der Waals surface area (Å²) < 4.78 is 7.18. The smallest absolute Gasteiger partial charge is 0.307 e. The Labute approximate surface area is 187 Å². The second-order valence-corrected chi connectivity index (χ2v) is 9.06. The second kappa shape index (κ2) is 9.66. The van der Waals surface area contributed by atoms with Crippen molar-refractivity contribution in [1.29, 1.82) is 0 Å². The van der Waals surface area contributed by atoms with Gasteiger partial charge in [0.05, 0.1) is 16.6 Å². The fourth-order valence-corrected chi connectivity index (χ4v) is 5.27. The lowest BCUT2D eigenvalue weighted by Crippen LogP contribution is -2.40. The van der Waals surface area contributed by atoms with E-state index in [4.69, 9.17) is 14.8 Å². The summed E-state index contributed by atoms with van der Waals surface area (Å²) in [4.78, 5) is 20.6. The minimum absolute atomic E-state index is 0.0154. The van der Waals surface area contributed by atoms with E-state index in [2.05, 4.69) is 41.8 Å². The lowest BCUT2D eigenvalue weighted by molar-refractivity contribution is -0.136. The third-order valence-electron chi connectivity index (χ3n) is 5.79. The standard InChI is InChI=1S/C24H29N3O3S/c1-3-26(11-12-30-20-6-4-5-18(14-20)15-23(28)29)19-9-10-27(16-19)24-25-21-8-7-17(2)13-22(21)31-24/h4-8,13-14,19H,3,9-12,15-16H2,1-2H3,(H,28,29). The van der Waals surface area contributed by atoms with Crippen molar-refractivity contribution in [1.82, 2.24) is 9.88 Å². The predicted molar refractivity (Wildman–Crippen MR) is 125 cm³/mol. The third-order valence-corrected chi connectivity index (χ3v) is 6.87. The monoisotopic (exact) mass is 439 g/mol. The number of thiazole rings is 1. The van der Waals surface area contributed by atoms with Gasteiger partial charge in [-0.3, -0.25) is 9.69 Å². The Balaban J connectivity index is 1.32. The lowest BCUT2D eigenvalue weighted by Gasteiger charge is -2.27. The Kier molecular flexibility index (Phi) is 6.73. The number of anilines is 1. The second-order valence-electron chi connectivity index (χ2n) is 8.05. The molecule has 6 nitrogen and oxygen atoms in total. The van der Waals surface area contributed by atoms with Crippen molar-refractivity contribution in [2.75, 3.05) is 37.7 Å². The summed E-state index contributed by atoms with van der Waals surface area (Å²) in [6.07, 6.45) is 1.14. The quantitative estimate of drug-likeness (QED) is 0.539. The minimum Gasteiger partial charge on any atom is -0.492 e. The molecule has 1 aliphatic rings. The number of hydrogen-bond acceptors (Lipinski definition) is 6. The van der Waals surface area contributed by atoms with Crippen LogP contribution in [-0.2, 0) is 11.2 Å². The van der Waals surface area contributed by atoms with Crippen LogP contribution in [0.15, 0.2) is 42.5 Å². The Morgan fingerprint density at radius 3 is 3.00 bits per heavy atom. The van der Waals surface area contributed by atoms with Crippen LogP contribution in [0.2, 0.25) is 0 Å². The fourth-order valence-electron chi connectivity index (χ4n) is 4.17. The topological polar surface area (TPSA) is 65.9 Å². The Morgan fingerprint density at radius 1 is 1.32 bits per heavy atom. The average molecular weight is 440 g/mol. The van der Waals surface area contributed by atoms with Crippen molar-refractivity contribution in [2.24, 2.45) is 0 Å². The van der Waals surface area contributed by atoms with Crippen molar-refractivity contribution < 1.29 is 14.6 Å². The maximum absolute atomic E-state index is 10.9. The van der Waals surface area contributed by atoms with Crippen LogP contribution < -0.4 is 9.64 Å². The average Bonchev–Trinajstić information content (AvgIpc) is 3.38. The van der Waals surface area contributed by atoms with Crippen molar-refractivity contribution in [2.45, 2.75) is 32.7 Å². The summed E-state index contributed by atoms with van der Waals surface area (Å²) in [5, 5.41) is 10.1. The molecule has 0 bridgehead atoms. The van der Waals surface area contributed by atoms with Gasteiger partial charge in [0.25, 0.3) is 0 Å². The van der Waals surface area contributed by atoms with E-state index in [1.807, 2.05) is 24.3 Å². The molecule has 1 atom stereocenters. The number of aliphatic carboxylic acids is 1. The largest absolute Gasteiger partial charge is 0.492 e. The molecule has 1 unspecified atom stereocenters. The van der Waals surface area contributed by atoms with Crippen LogP contribution in [0.3, 0.4) is 0 Å². The van der Waals surface area contributed by atoms with Gasteiger partial charge in [0.15, 0.2) is 5.13 Å². The summed E-state index contributed by atoms with van der Waals surface area (Å²) in [6, 6.07) is 14.3. The van der Waals surface area contributed by atoms with E-state index in [0.717, 1.165) is 54.6 Å². The molecule has 1 aliphatic heterocycles. The molecule has 2 heterocycles. The molecule has 3 aromatic rings. The summed E-state index contributed by atoms with van der Waals surface area (Å²) in [6.45, 7) is 8.72. The van der Waals surface area contributed by atoms with Crippen molar-refractivity contribution in [3.63, 3.8) is 0 Å². The molecule has 1 N–H and O–H groups in total. The maximum Gasteiger partial charge on any atom is 0.307 e. The van der Waals surface area contributed by atoms with Gasteiger partial charge in [0.1, 0.15) is 12.4 Å². The molecule has 164 valence electrons. The number of carbonyl (C=O) groups is 1. The zero-order chi connectivity index (χ0) is 21.8. The van der Waals surface area contributed by atoms with Gasteiger partial charge >= 0.3 is 5.97 Å². The van der Waals surface area contributed by atoms with E-state index >= 15 is 0 Å². The number of nitrogens with zero attached hydrogens (tertiary/aromatic N) is 3. The number of benzene rings is 2. The number of hydrogen-bond donors (Lipinski definition) is 1. The highest BCUT2D eigenvalue weighted by Gasteiger charge is 2.28. The number of ether oxygens (including phenoxy) is 1. The first-order chi connectivity index (χ1) is 15.0. The van der Waals surface area contributed by atoms with E-state index in [1.165, 1.54) is 10.3 Å². The van der Waals surface area contributed by atoms with E-state index in [1.54, 1.807) is 11.3 Å². The fraction of sp³-hybridized carbons (Fsp3) is 0.417. The number of carboxylic acids is 1. The van der Waals surface area contributed by atoms with Gasteiger partial charge in [-0.2, -0.15) is 0 Å². The Hall–Kier alpha value is -2.64. The molecule has 0 saturated carbocycles. The molecular formula is C24H29N3O3S. The molecule has 1 aromatic heterocycles. The molecule has 4 rings (SSSR count). The van der Waals surface area contributed by atoms with Crippen LogP contribution in [0.1, 0.15) is 24.5 Å². The van der Waals surface area contributed by atoms with E-state index < -0.39 is 5.97 Å². The predicted octanol–water partition coefficient (Wildman–Crippen LogP) is 4.21. The van der Waals surface area contributed by atoms with Crippen LogP contribution in [0.5, 0.6) is 5.75 Å². The lowest BCUT2D eigenvalue weighted by atomic mass is 10.1. The first-order valence-electron chi connectivity index (χ1n) is 10.8. The molecule has 0 spiro atoms. The van der Waals surface area contributed by atoms with Crippen molar-refractivity contribution in [3.05, 3.63) is 53.6 Å². The van der Waals surface area contributed by atoms with E-state index in [9.17, 15) is 4.79 Å². The van der Waals surface area contributed by atoms with E-state index in [-0.39, 0.29) is 6.42 Å². The number of aryl methyl sites for hydroxylation is 1. The van der Waals surface area contributed by atoms with Gasteiger partial charge in [-0.1, -0.05) is 36.5 Å². The molecule has 7 heteroatoms. The highest BCUT2D eigenvalue weighted by Crippen LogP contribution is 2.32. The number of likely N-dealkylation sites (N-methyl/N-ethyl adjacent to an activating group) is 1. The zero-order valence-corrected chi connectivity index (χ0v) is 18.9. The number of carboxylic acid groups (broad SMARTS) is 1. The van der Waals surface area contributed by atoms with Crippen LogP contribution in [0, 0.1) is 6.92 Å². The zero-order valence-electron chi connectivity index (χ0n) is 18.1. The van der Waals surface area contributed by atoms with Crippen LogP contribution in [0.25, 0.3) is 10.2 Å². The molecular weight excluding hydrogens is 410 g/mol. The van der Waals surface area contributed by atoms with Gasteiger partial charge in [0.2, 0.25) is 0 Å². The van der Waals surface area contributed by atoms with E-state index in [0.29, 0.717) is 12.6 Å². The van der Waals surface area contributed by atoms with Gasteiger partial charge in [-0.25, -0.2) is 4.98 Å². The molecule has 2 aromatic carbocycles. The maximum atomic E-state index is 10.9. The SMILES string of the molecule is CCN(CCOc1cccc(CC(=O)O)c1)C1CCN(c2nc3ccc(C)cc3s2)C1. The first-order valence-corrected chi connectivity index (χ1v) is 11.6. The highest BCUT2D eigenvalue weighted by molar-refractivity contribution is 7.22. The number of rotatable bonds is 9. The molecule has 0 amide bonds. The minimum atomic E-state index is -0.830. The third kappa shape index (κ3) is 5.35. The van der Waals surface area contributed by atoms with Crippen LogP contribution in [0.4, 0.5) is 5.13 Å². The molecule has 0 aliphatic carbocycles. The number of fused-ring (bicyclic) bond motifs is 1. The van der Waals surface area contributed by atoms with Gasteiger partial charge in [-0.15, -0.1) is 0 Å². The molecule has 1 saturated heterocycles. The molecule has 1 fully saturated rings. The number of aromatic nitrogens is 1. The normalized spacial score (nSPS) is 16.4. The van der Waals surface area contributed by atoms with Crippen molar-refractivity contribution >= 4 is 32.7 Å². The summed E-state index contributed by atoms with van der Waals surface area (Å²) in [7, 11) is 0. The Morgan fingerprint density at radius 2 is 2.19 bits per heavy atom. The van der Waals surface area contributed by atoms with Gasteiger partial charge in [0, 0.05) is 25.7 Å². The first kappa shape index (κ1) is 21.6. The summed E-state index contributed by atoms with van der Waals surface area (Å²) in [5.41, 5.74) is 3.11. The summed E-state index contributed by atoms with van der Waals surface area (Å²) >= 11 is 1.78. The van der Waals surface area contributed by atoms with Gasteiger partial charge in [-0.05, 0) is 55.3 Å². The van der Waals surface area contributed by atoms with Gasteiger partial charge < -0.3 is 14.7 Å².